The SMILES string of the molecule is COc1cccc2c1OC[C@H](C(=O)NCc1nc(-c3cnccn3)n[nH]1)C2. The minimum atomic E-state index is -0.271. The lowest BCUT2D eigenvalue weighted by Crippen LogP contribution is -2.37. The average Bonchev–Trinajstić information content (AvgIpc) is 3.21. The Labute approximate surface area is 155 Å². The molecule has 4 rings (SSSR count). The van der Waals surface area contributed by atoms with Crippen molar-refractivity contribution in [3.63, 3.8) is 0 Å². The average molecular weight is 366 g/mol. The Balaban J connectivity index is 1.37. The van der Waals surface area contributed by atoms with E-state index in [0.29, 0.717) is 41.9 Å². The molecule has 138 valence electrons. The van der Waals surface area contributed by atoms with E-state index in [4.69, 9.17) is 9.47 Å². The van der Waals surface area contributed by atoms with Crippen LogP contribution in [-0.4, -0.2) is 44.8 Å². The summed E-state index contributed by atoms with van der Waals surface area (Å²) in [5, 5.41) is 9.77. The predicted octanol–water partition coefficient (Wildman–Crippen LogP) is 1.14. The smallest absolute Gasteiger partial charge is 0.227 e. The van der Waals surface area contributed by atoms with Crippen molar-refractivity contribution >= 4 is 5.91 Å². The van der Waals surface area contributed by atoms with Gasteiger partial charge in [-0.25, -0.2) is 9.97 Å². The van der Waals surface area contributed by atoms with E-state index < -0.39 is 0 Å². The highest BCUT2D eigenvalue weighted by Crippen LogP contribution is 2.36. The molecule has 2 N–H and O–H groups in total. The maximum absolute atomic E-state index is 12.5. The third-order valence-corrected chi connectivity index (χ3v) is 4.30. The van der Waals surface area contributed by atoms with Crippen LogP contribution < -0.4 is 14.8 Å². The van der Waals surface area contributed by atoms with Gasteiger partial charge in [0.1, 0.15) is 18.1 Å². The van der Waals surface area contributed by atoms with E-state index in [0.717, 1.165) is 5.56 Å². The normalized spacial score (nSPS) is 15.5. The Bertz CT molecular complexity index is 943. The van der Waals surface area contributed by atoms with E-state index in [-0.39, 0.29) is 18.4 Å². The predicted molar refractivity (Wildman–Crippen MR) is 94.9 cm³/mol. The molecule has 9 nitrogen and oxygen atoms in total. The lowest BCUT2D eigenvalue weighted by molar-refractivity contribution is -0.126. The second kappa shape index (κ2) is 7.40. The Morgan fingerprint density at radius 1 is 1.41 bits per heavy atom. The van der Waals surface area contributed by atoms with Gasteiger partial charge in [-0.05, 0) is 18.1 Å². The fourth-order valence-electron chi connectivity index (χ4n) is 2.94. The first-order valence-electron chi connectivity index (χ1n) is 8.48. The van der Waals surface area contributed by atoms with E-state index >= 15 is 0 Å². The van der Waals surface area contributed by atoms with Crippen LogP contribution in [0.15, 0.2) is 36.8 Å². The van der Waals surface area contributed by atoms with Gasteiger partial charge in [0.15, 0.2) is 11.5 Å². The number of aromatic amines is 1. The van der Waals surface area contributed by atoms with Crippen molar-refractivity contribution in [2.75, 3.05) is 13.7 Å². The summed E-state index contributed by atoms with van der Waals surface area (Å²) in [7, 11) is 1.60. The number of rotatable bonds is 5. The number of hydrogen-bond donors (Lipinski definition) is 2. The number of benzene rings is 1. The first kappa shape index (κ1) is 17.0. The lowest BCUT2D eigenvalue weighted by Gasteiger charge is -2.25. The number of nitrogens with one attached hydrogen (secondary N) is 2. The Morgan fingerprint density at radius 3 is 3.15 bits per heavy atom. The molecule has 0 radical (unpaired) electrons. The molecule has 0 bridgehead atoms. The van der Waals surface area contributed by atoms with Gasteiger partial charge in [-0.3, -0.25) is 14.9 Å². The van der Waals surface area contributed by atoms with Gasteiger partial charge < -0.3 is 14.8 Å². The summed E-state index contributed by atoms with van der Waals surface area (Å²) in [6.45, 7) is 0.550. The highest BCUT2D eigenvalue weighted by molar-refractivity contribution is 5.79. The summed E-state index contributed by atoms with van der Waals surface area (Å²) in [4.78, 5) is 25.0. The van der Waals surface area contributed by atoms with E-state index in [1.54, 1.807) is 25.7 Å². The molecule has 0 saturated carbocycles. The van der Waals surface area contributed by atoms with Crippen molar-refractivity contribution in [1.29, 1.82) is 0 Å². The van der Waals surface area contributed by atoms with Crippen molar-refractivity contribution in [2.45, 2.75) is 13.0 Å². The van der Waals surface area contributed by atoms with Crippen LogP contribution in [0, 0.1) is 5.92 Å². The first-order valence-corrected chi connectivity index (χ1v) is 8.48. The van der Waals surface area contributed by atoms with Crippen molar-refractivity contribution in [3.8, 4) is 23.0 Å². The molecule has 0 fully saturated rings. The standard InChI is InChI=1S/C18H18N6O3/c1-26-14-4-2-3-11-7-12(10-27-16(11)14)18(25)21-9-15-22-17(24-23-15)13-8-19-5-6-20-13/h2-6,8,12H,7,9-10H2,1H3,(H,21,25)(H,22,23,24)/t12-/m1/s1. The second-order valence-corrected chi connectivity index (χ2v) is 6.07. The molecule has 0 spiro atoms. The second-order valence-electron chi connectivity index (χ2n) is 6.07. The zero-order valence-corrected chi connectivity index (χ0v) is 14.7. The highest BCUT2D eigenvalue weighted by Gasteiger charge is 2.27. The number of ether oxygens (including phenoxy) is 2. The summed E-state index contributed by atoms with van der Waals surface area (Å²) < 4.78 is 11.1. The van der Waals surface area contributed by atoms with Crippen LogP contribution in [-0.2, 0) is 17.8 Å². The molecule has 27 heavy (non-hydrogen) atoms. The Kier molecular flexibility index (Phi) is 4.65. The summed E-state index contributed by atoms with van der Waals surface area (Å²) in [5.74, 6) is 2.02. The van der Waals surface area contributed by atoms with Gasteiger partial charge in [-0.2, -0.15) is 5.10 Å². The van der Waals surface area contributed by atoms with Crippen molar-refractivity contribution in [1.82, 2.24) is 30.5 Å². The first-order chi connectivity index (χ1) is 13.2. The molecule has 2 aromatic heterocycles. The Hall–Kier alpha value is -3.49. The minimum Gasteiger partial charge on any atom is -0.493 e. The molecule has 9 heteroatoms. The Morgan fingerprint density at radius 2 is 2.33 bits per heavy atom. The minimum absolute atomic E-state index is 0.0964. The van der Waals surface area contributed by atoms with Crippen LogP contribution in [0.25, 0.3) is 11.5 Å². The third kappa shape index (κ3) is 3.57. The number of aromatic nitrogens is 5. The summed E-state index contributed by atoms with van der Waals surface area (Å²) in [5.41, 5.74) is 1.53. The number of nitrogens with zero attached hydrogens (tertiary/aromatic N) is 4. The van der Waals surface area contributed by atoms with Crippen molar-refractivity contribution < 1.29 is 14.3 Å². The van der Waals surface area contributed by atoms with Gasteiger partial charge >= 0.3 is 0 Å². The van der Waals surface area contributed by atoms with Crippen molar-refractivity contribution in [3.05, 3.63) is 48.2 Å². The quantitative estimate of drug-likeness (QED) is 0.696. The maximum Gasteiger partial charge on any atom is 0.227 e. The fourth-order valence-corrected chi connectivity index (χ4v) is 2.94. The zero-order chi connectivity index (χ0) is 18.6. The molecule has 1 atom stereocenters. The van der Waals surface area contributed by atoms with E-state index in [2.05, 4.69) is 30.5 Å². The van der Waals surface area contributed by atoms with Gasteiger partial charge in [0, 0.05) is 12.4 Å². The van der Waals surface area contributed by atoms with Crippen LogP contribution in [0.4, 0.5) is 0 Å². The number of H-pyrrole nitrogens is 1. The summed E-state index contributed by atoms with van der Waals surface area (Å²) in [6.07, 6.45) is 5.33. The monoisotopic (exact) mass is 366 g/mol. The number of hydrogen-bond acceptors (Lipinski definition) is 7. The lowest BCUT2D eigenvalue weighted by atomic mass is 9.95. The molecule has 1 aromatic carbocycles. The maximum atomic E-state index is 12.5. The van der Waals surface area contributed by atoms with Crippen LogP contribution in [0.1, 0.15) is 11.4 Å². The largest absolute Gasteiger partial charge is 0.493 e. The molecule has 0 unspecified atom stereocenters. The number of para-hydroxylation sites is 1. The van der Waals surface area contributed by atoms with Gasteiger partial charge in [-0.1, -0.05) is 12.1 Å². The van der Waals surface area contributed by atoms with Crippen LogP contribution in [0.2, 0.25) is 0 Å². The number of amides is 1. The topological polar surface area (TPSA) is 115 Å². The molecule has 0 saturated heterocycles. The van der Waals surface area contributed by atoms with Crippen molar-refractivity contribution in [2.24, 2.45) is 5.92 Å². The fraction of sp³-hybridized carbons (Fsp3) is 0.278. The number of carbonyl (C=O) groups is 1. The number of methoxy groups -OCH3 is 1. The highest BCUT2D eigenvalue weighted by atomic mass is 16.5. The van der Waals surface area contributed by atoms with E-state index in [9.17, 15) is 4.79 Å². The zero-order valence-electron chi connectivity index (χ0n) is 14.7. The molecular formula is C18H18N6O3. The number of carbonyl (C=O) groups excluding carboxylic acids is 1. The van der Waals surface area contributed by atoms with Gasteiger partial charge in [0.2, 0.25) is 11.7 Å². The van der Waals surface area contributed by atoms with Gasteiger partial charge in [-0.15, -0.1) is 0 Å². The summed E-state index contributed by atoms with van der Waals surface area (Å²) >= 11 is 0. The van der Waals surface area contributed by atoms with E-state index in [1.165, 1.54) is 0 Å². The molecule has 3 heterocycles. The van der Waals surface area contributed by atoms with Crippen LogP contribution in [0.3, 0.4) is 0 Å². The van der Waals surface area contributed by atoms with Gasteiger partial charge in [0.25, 0.3) is 0 Å². The molecular weight excluding hydrogens is 348 g/mol. The molecule has 3 aromatic rings. The van der Waals surface area contributed by atoms with E-state index in [1.807, 2.05) is 18.2 Å². The molecule has 0 aliphatic carbocycles. The molecule has 1 aliphatic heterocycles. The van der Waals surface area contributed by atoms with Crippen LogP contribution >= 0.6 is 0 Å². The summed E-state index contributed by atoms with van der Waals surface area (Å²) in [6, 6.07) is 5.68. The molecule has 1 aliphatic rings. The van der Waals surface area contributed by atoms with Gasteiger partial charge in [0.05, 0.1) is 25.8 Å². The van der Waals surface area contributed by atoms with Crippen LogP contribution in [0.5, 0.6) is 11.5 Å². The third-order valence-electron chi connectivity index (χ3n) is 4.30. The number of fused-ring (bicyclic) bond motifs is 1. The molecule has 1 amide bonds.